The van der Waals surface area contributed by atoms with E-state index < -0.39 is 5.91 Å². The average Bonchev–Trinajstić information content (AvgIpc) is 3.15. The number of rotatable bonds is 10. The number of thiazole rings is 1. The van der Waals surface area contributed by atoms with Crippen LogP contribution in [0.2, 0.25) is 0 Å². The van der Waals surface area contributed by atoms with Crippen LogP contribution in [-0.2, 0) is 16.1 Å². The first-order valence-corrected chi connectivity index (χ1v) is 12.3. The Hall–Kier alpha value is -3.67. The summed E-state index contributed by atoms with van der Waals surface area (Å²) in [6, 6.07) is 16.8. The van der Waals surface area contributed by atoms with Gasteiger partial charge in [-0.1, -0.05) is 42.0 Å². The lowest BCUT2D eigenvalue weighted by Crippen LogP contribution is -2.34. The van der Waals surface area contributed by atoms with Crippen LogP contribution in [-0.4, -0.2) is 30.3 Å². The molecule has 0 atom stereocenters. The summed E-state index contributed by atoms with van der Waals surface area (Å²) in [5.74, 6) is -0.0873. The fourth-order valence-corrected chi connectivity index (χ4v) is 4.55. The van der Waals surface area contributed by atoms with Crippen molar-refractivity contribution in [1.29, 1.82) is 5.26 Å². The van der Waals surface area contributed by atoms with Crippen molar-refractivity contribution < 1.29 is 14.3 Å². The number of carbonyl (C=O) groups excluding carboxylic acids is 1. The first kappa shape index (κ1) is 25.9. The summed E-state index contributed by atoms with van der Waals surface area (Å²) < 4.78 is 13.3. The molecule has 7 nitrogen and oxygen atoms in total. The molecule has 3 aromatic rings. The molecule has 0 radical (unpaired) electrons. The standard InChI is InChI=1S/C27H29N3O4S/c1-4-33-16-8-15-30-26(32)24(17-20-13-11-19(3)12-14-20)35-27(30)21(18-28)25(31)29-22-9-6-7-10-23(22)34-5-2/h6-7,9-14,17H,4-5,8,15-16H2,1-3H3,(H,29,31)/b24-17+,27-21-. The number of para-hydroxylation sites is 2. The number of anilines is 1. The second-order valence-corrected chi connectivity index (χ2v) is 8.73. The first-order valence-electron chi connectivity index (χ1n) is 11.5. The summed E-state index contributed by atoms with van der Waals surface area (Å²) in [7, 11) is 0. The number of aromatic nitrogens is 1. The normalized spacial score (nSPS) is 12.2. The number of aryl methyl sites for hydroxylation is 1. The van der Waals surface area contributed by atoms with E-state index >= 15 is 0 Å². The third-order valence-electron chi connectivity index (χ3n) is 5.15. The molecule has 3 rings (SSSR count). The minimum atomic E-state index is -0.596. The van der Waals surface area contributed by atoms with Gasteiger partial charge in [0, 0.05) is 19.8 Å². The first-order chi connectivity index (χ1) is 17.0. The number of hydrogen-bond acceptors (Lipinski definition) is 6. The number of ether oxygens (including phenoxy) is 2. The van der Waals surface area contributed by atoms with E-state index in [1.54, 1.807) is 30.3 Å². The van der Waals surface area contributed by atoms with Crippen LogP contribution in [0.1, 0.15) is 31.4 Å². The number of hydrogen-bond donors (Lipinski definition) is 1. The van der Waals surface area contributed by atoms with Gasteiger partial charge in [0.05, 0.1) is 16.8 Å². The summed E-state index contributed by atoms with van der Waals surface area (Å²) >= 11 is 1.14. The van der Waals surface area contributed by atoms with Crippen molar-refractivity contribution in [3.05, 3.63) is 79.2 Å². The molecule has 35 heavy (non-hydrogen) atoms. The number of nitrogens with one attached hydrogen (secondary N) is 1. The van der Waals surface area contributed by atoms with Crippen molar-refractivity contribution >= 4 is 34.6 Å². The van der Waals surface area contributed by atoms with Gasteiger partial charge in [0.2, 0.25) is 0 Å². The van der Waals surface area contributed by atoms with Crippen molar-refractivity contribution in [3.63, 3.8) is 0 Å². The monoisotopic (exact) mass is 491 g/mol. The van der Waals surface area contributed by atoms with Crippen LogP contribution in [0.5, 0.6) is 5.75 Å². The zero-order chi connectivity index (χ0) is 25.2. The van der Waals surface area contributed by atoms with Crippen LogP contribution >= 0.6 is 11.3 Å². The summed E-state index contributed by atoms with van der Waals surface area (Å²) in [4.78, 5) is 26.5. The molecule has 1 amide bonds. The van der Waals surface area contributed by atoms with Crippen molar-refractivity contribution in [2.45, 2.75) is 33.7 Å². The Morgan fingerprint density at radius 1 is 1.14 bits per heavy atom. The number of benzene rings is 2. The third-order valence-corrected chi connectivity index (χ3v) is 6.28. The summed E-state index contributed by atoms with van der Waals surface area (Å²) in [6.07, 6.45) is 2.36. The molecule has 8 heteroatoms. The van der Waals surface area contributed by atoms with E-state index in [1.165, 1.54) is 4.57 Å². The summed E-state index contributed by atoms with van der Waals surface area (Å²) in [5.41, 5.74) is 2.08. The molecular weight excluding hydrogens is 462 g/mol. The Bertz CT molecular complexity index is 1380. The summed E-state index contributed by atoms with van der Waals surface area (Å²) in [5, 5.41) is 12.7. The predicted octanol–water partition coefficient (Wildman–Crippen LogP) is 3.19. The van der Waals surface area contributed by atoms with Crippen LogP contribution in [0.25, 0.3) is 11.6 Å². The van der Waals surface area contributed by atoms with Gasteiger partial charge < -0.3 is 14.8 Å². The van der Waals surface area contributed by atoms with E-state index in [0.29, 0.717) is 53.4 Å². The molecule has 1 aromatic heterocycles. The maximum absolute atomic E-state index is 13.3. The van der Waals surface area contributed by atoms with Crippen LogP contribution in [0, 0.1) is 18.3 Å². The lowest BCUT2D eigenvalue weighted by Gasteiger charge is -2.11. The molecule has 0 aliphatic rings. The van der Waals surface area contributed by atoms with Gasteiger partial charge in [0.15, 0.2) is 5.57 Å². The van der Waals surface area contributed by atoms with Gasteiger partial charge in [0.25, 0.3) is 11.5 Å². The molecular formula is C27H29N3O4S. The van der Waals surface area contributed by atoms with Gasteiger partial charge in [-0.25, -0.2) is 0 Å². The van der Waals surface area contributed by atoms with Gasteiger partial charge in [0.1, 0.15) is 16.5 Å². The molecule has 0 spiro atoms. The molecule has 1 heterocycles. The van der Waals surface area contributed by atoms with Gasteiger partial charge in [-0.15, -0.1) is 11.3 Å². The lowest BCUT2D eigenvalue weighted by molar-refractivity contribution is -0.111. The van der Waals surface area contributed by atoms with Crippen molar-refractivity contribution in [1.82, 2.24) is 4.57 Å². The topological polar surface area (TPSA) is 93.4 Å². The molecule has 0 saturated heterocycles. The zero-order valence-electron chi connectivity index (χ0n) is 20.2. The Balaban J connectivity index is 2.10. The molecule has 2 aromatic carbocycles. The van der Waals surface area contributed by atoms with Gasteiger partial charge in [-0.3, -0.25) is 14.2 Å². The van der Waals surface area contributed by atoms with Gasteiger partial charge >= 0.3 is 0 Å². The maximum Gasteiger partial charge on any atom is 0.269 e. The highest BCUT2D eigenvalue weighted by atomic mass is 32.1. The van der Waals surface area contributed by atoms with Crippen molar-refractivity contribution in [2.75, 3.05) is 25.1 Å². The fourth-order valence-electron chi connectivity index (χ4n) is 3.42. The second kappa shape index (κ2) is 12.7. The van der Waals surface area contributed by atoms with Gasteiger partial charge in [-0.2, -0.15) is 5.26 Å². The Morgan fingerprint density at radius 3 is 2.57 bits per heavy atom. The van der Waals surface area contributed by atoms with E-state index in [-0.39, 0.29) is 11.1 Å². The molecule has 0 saturated carbocycles. The van der Waals surface area contributed by atoms with Crippen molar-refractivity contribution in [3.8, 4) is 11.8 Å². The zero-order valence-corrected chi connectivity index (χ0v) is 21.0. The predicted molar refractivity (Wildman–Crippen MR) is 139 cm³/mol. The SMILES string of the molecule is CCOCCCn1c(=O)/c(=C\c2ccc(C)cc2)s/c1=C(/C#N)C(=O)Nc1ccccc1OCC. The van der Waals surface area contributed by atoms with Crippen molar-refractivity contribution in [2.24, 2.45) is 0 Å². The Morgan fingerprint density at radius 2 is 1.89 bits per heavy atom. The van der Waals surface area contributed by atoms with E-state index in [4.69, 9.17) is 9.47 Å². The minimum Gasteiger partial charge on any atom is -0.492 e. The molecule has 182 valence electrons. The van der Waals surface area contributed by atoms with E-state index in [9.17, 15) is 14.9 Å². The quantitative estimate of drug-likeness (QED) is 0.440. The Kier molecular flexibility index (Phi) is 9.41. The smallest absolute Gasteiger partial charge is 0.269 e. The van der Waals surface area contributed by atoms with Crippen LogP contribution < -0.4 is 24.8 Å². The molecule has 0 fully saturated rings. The third kappa shape index (κ3) is 6.69. The van der Waals surface area contributed by atoms with E-state index in [1.807, 2.05) is 51.1 Å². The molecule has 0 bridgehead atoms. The lowest BCUT2D eigenvalue weighted by atomic mass is 10.1. The van der Waals surface area contributed by atoms with E-state index in [0.717, 1.165) is 22.5 Å². The average molecular weight is 492 g/mol. The highest BCUT2D eigenvalue weighted by Gasteiger charge is 2.17. The molecule has 0 aliphatic heterocycles. The highest BCUT2D eigenvalue weighted by molar-refractivity contribution is 7.07. The summed E-state index contributed by atoms with van der Waals surface area (Å²) in [6.45, 7) is 7.58. The number of nitrogens with zero attached hydrogens (tertiary/aromatic N) is 2. The van der Waals surface area contributed by atoms with Gasteiger partial charge in [-0.05, 0) is 51.0 Å². The second-order valence-electron chi connectivity index (χ2n) is 7.70. The number of nitriles is 1. The van der Waals surface area contributed by atoms with Crippen LogP contribution in [0.4, 0.5) is 5.69 Å². The molecule has 0 unspecified atom stereocenters. The molecule has 0 aliphatic carbocycles. The maximum atomic E-state index is 13.3. The largest absolute Gasteiger partial charge is 0.492 e. The number of carbonyl (C=O) groups is 1. The minimum absolute atomic E-state index is 0.127. The highest BCUT2D eigenvalue weighted by Crippen LogP contribution is 2.24. The van der Waals surface area contributed by atoms with Crippen LogP contribution in [0.3, 0.4) is 0 Å². The Labute approximate surface area is 208 Å². The fraction of sp³-hybridized carbons (Fsp3) is 0.296. The van der Waals surface area contributed by atoms with Crippen LogP contribution in [0.15, 0.2) is 53.3 Å². The molecule has 1 N–H and O–H groups in total. The van der Waals surface area contributed by atoms with E-state index in [2.05, 4.69) is 5.32 Å². The number of amides is 1.